The first-order chi connectivity index (χ1) is 9.74. The Morgan fingerprint density at radius 3 is 2.62 bits per heavy atom. The molecule has 0 aromatic carbocycles. The summed E-state index contributed by atoms with van der Waals surface area (Å²) in [6.45, 7) is 9.60. The van der Waals surface area contributed by atoms with Gasteiger partial charge in [-0.15, -0.1) is 0 Å². The number of aromatic amines is 1. The molecule has 6 nitrogen and oxygen atoms in total. The fourth-order valence-corrected chi connectivity index (χ4v) is 1.85. The van der Waals surface area contributed by atoms with Crippen molar-refractivity contribution in [3.05, 3.63) is 11.8 Å². The molecule has 0 aliphatic rings. The van der Waals surface area contributed by atoms with E-state index in [9.17, 15) is 9.59 Å². The fourth-order valence-electron chi connectivity index (χ4n) is 1.85. The summed E-state index contributed by atoms with van der Waals surface area (Å²) in [7, 11) is 0. The molecule has 1 rings (SSSR count). The Morgan fingerprint density at radius 1 is 1.38 bits per heavy atom. The van der Waals surface area contributed by atoms with Crippen LogP contribution < -0.4 is 10.6 Å². The van der Waals surface area contributed by atoms with Crippen LogP contribution in [0.5, 0.6) is 0 Å². The van der Waals surface area contributed by atoms with Crippen molar-refractivity contribution in [2.45, 2.75) is 53.4 Å². The molecule has 1 heterocycles. The Balaban J connectivity index is 2.47. The summed E-state index contributed by atoms with van der Waals surface area (Å²) >= 11 is 0. The Morgan fingerprint density at radius 2 is 2.05 bits per heavy atom. The minimum Gasteiger partial charge on any atom is -0.347 e. The van der Waals surface area contributed by atoms with Gasteiger partial charge in [-0.3, -0.25) is 14.7 Å². The van der Waals surface area contributed by atoms with Crippen LogP contribution in [0.15, 0.2) is 6.07 Å². The van der Waals surface area contributed by atoms with Crippen molar-refractivity contribution < 1.29 is 9.59 Å². The van der Waals surface area contributed by atoms with Gasteiger partial charge in [-0.1, -0.05) is 41.0 Å². The molecule has 0 radical (unpaired) electrons. The smallest absolute Gasteiger partial charge is 0.244 e. The van der Waals surface area contributed by atoms with E-state index in [4.69, 9.17) is 0 Å². The van der Waals surface area contributed by atoms with Gasteiger partial charge in [0.15, 0.2) is 5.82 Å². The number of aromatic nitrogens is 2. The summed E-state index contributed by atoms with van der Waals surface area (Å²) in [6, 6.07) is 1.84. The molecule has 0 fully saturated rings. The zero-order valence-corrected chi connectivity index (χ0v) is 13.5. The summed E-state index contributed by atoms with van der Waals surface area (Å²) in [5, 5.41) is 12.3. The topological polar surface area (TPSA) is 86.9 Å². The molecule has 0 bridgehead atoms. The van der Waals surface area contributed by atoms with Gasteiger partial charge >= 0.3 is 0 Å². The number of hydrogen-bond acceptors (Lipinski definition) is 3. The summed E-state index contributed by atoms with van der Waals surface area (Å²) in [6.07, 6.45) is 2.16. The number of amides is 2. The summed E-state index contributed by atoms with van der Waals surface area (Å²) < 4.78 is 0. The van der Waals surface area contributed by atoms with Gasteiger partial charge in [-0.2, -0.15) is 5.10 Å². The van der Waals surface area contributed by atoms with Crippen LogP contribution in [-0.2, 0) is 9.59 Å². The van der Waals surface area contributed by atoms with Gasteiger partial charge in [0.25, 0.3) is 0 Å². The minimum atomic E-state index is -0.505. The van der Waals surface area contributed by atoms with Crippen LogP contribution in [0.4, 0.5) is 5.82 Å². The maximum Gasteiger partial charge on any atom is 0.244 e. The zero-order chi connectivity index (χ0) is 16.0. The molecule has 118 valence electrons. The maximum atomic E-state index is 11.8. The molecule has 0 unspecified atom stereocenters. The number of carbonyl (C=O) groups excluding carboxylic acids is 2. The van der Waals surface area contributed by atoms with Gasteiger partial charge in [0.1, 0.15) is 0 Å². The molecule has 0 saturated carbocycles. The van der Waals surface area contributed by atoms with Crippen molar-refractivity contribution in [2.75, 3.05) is 11.9 Å². The molecule has 3 N–H and O–H groups in total. The molecular weight excluding hydrogens is 268 g/mol. The second kappa shape index (κ2) is 7.24. The standard InChI is InChI=1S/C15H26N4O2/c1-6-7-10(2)11-8-12(19-18-11)17-13(20)9-16-14(21)15(3,4)5/h8,10H,6-7,9H2,1-5H3,(H,16,21)(H2,17,18,19,20)/t10-/m0/s1. The van der Waals surface area contributed by atoms with Crippen LogP contribution in [0.1, 0.15) is 59.1 Å². The summed E-state index contributed by atoms with van der Waals surface area (Å²) in [5.41, 5.74) is 0.501. The highest BCUT2D eigenvalue weighted by atomic mass is 16.2. The number of nitrogens with zero attached hydrogens (tertiary/aromatic N) is 1. The van der Waals surface area contributed by atoms with Crippen LogP contribution in [0, 0.1) is 5.41 Å². The van der Waals surface area contributed by atoms with E-state index in [1.165, 1.54) is 0 Å². The van der Waals surface area contributed by atoms with Gasteiger partial charge < -0.3 is 10.6 Å². The highest BCUT2D eigenvalue weighted by Gasteiger charge is 2.21. The molecule has 0 spiro atoms. The molecule has 2 amide bonds. The lowest BCUT2D eigenvalue weighted by atomic mass is 9.96. The van der Waals surface area contributed by atoms with Crippen molar-refractivity contribution >= 4 is 17.6 Å². The number of carbonyl (C=O) groups is 2. The Hall–Kier alpha value is -1.85. The van der Waals surface area contributed by atoms with E-state index in [1.54, 1.807) is 20.8 Å². The Bertz CT molecular complexity index is 488. The maximum absolute atomic E-state index is 11.8. The van der Waals surface area contributed by atoms with Gasteiger partial charge in [0.2, 0.25) is 11.8 Å². The van der Waals surface area contributed by atoms with Crippen LogP contribution >= 0.6 is 0 Å². The fraction of sp³-hybridized carbons (Fsp3) is 0.667. The molecule has 21 heavy (non-hydrogen) atoms. The minimum absolute atomic E-state index is 0.0528. The third-order valence-electron chi connectivity index (χ3n) is 3.21. The van der Waals surface area contributed by atoms with Crippen molar-refractivity contribution in [2.24, 2.45) is 5.41 Å². The molecule has 1 aromatic heterocycles. The number of H-pyrrole nitrogens is 1. The quantitative estimate of drug-likeness (QED) is 0.753. The predicted molar refractivity (Wildman–Crippen MR) is 83.0 cm³/mol. The molecule has 6 heteroatoms. The lowest BCUT2D eigenvalue weighted by Crippen LogP contribution is -2.39. The average molecular weight is 294 g/mol. The first-order valence-corrected chi connectivity index (χ1v) is 7.37. The van der Waals surface area contributed by atoms with Crippen molar-refractivity contribution in [1.29, 1.82) is 0 Å². The van der Waals surface area contributed by atoms with Crippen LogP contribution in [0.3, 0.4) is 0 Å². The molecule has 0 aliphatic carbocycles. The van der Waals surface area contributed by atoms with E-state index in [0.717, 1.165) is 18.5 Å². The van der Waals surface area contributed by atoms with Crippen molar-refractivity contribution in [3.63, 3.8) is 0 Å². The lowest BCUT2D eigenvalue weighted by molar-refractivity contribution is -0.130. The third-order valence-corrected chi connectivity index (χ3v) is 3.21. The average Bonchev–Trinajstić information content (AvgIpc) is 2.83. The number of anilines is 1. The Labute approximate surface area is 126 Å². The van der Waals surface area contributed by atoms with E-state index in [2.05, 4.69) is 34.7 Å². The Kier molecular flexibility index (Phi) is 5.93. The summed E-state index contributed by atoms with van der Waals surface area (Å²) in [5.74, 6) is 0.433. The zero-order valence-electron chi connectivity index (χ0n) is 13.5. The van der Waals surface area contributed by atoms with Crippen molar-refractivity contribution in [1.82, 2.24) is 15.5 Å². The molecule has 1 atom stereocenters. The third kappa shape index (κ3) is 5.57. The first kappa shape index (κ1) is 17.2. The normalized spacial score (nSPS) is 12.8. The monoisotopic (exact) mass is 294 g/mol. The molecule has 0 aliphatic heterocycles. The van der Waals surface area contributed by atoms with Gasteiger partial charge in [0, 0.05) is 17.2 Å². The second-order valence-electron chi connectivity index (χ2n) is 6.38. The van der Waals surface area contributed by atoms with E-state index >= 15 is 0 Å². The first-order valence-electron chi connectivity index (χ1n) is 7.37. The highest BCUT2D eigenvalue weighted by molar-refractivity contribution is 5.94. The molecule has 1 aromatic rings. The van der Waals surface area contributed by atoms with Crippen LogP contribution in [-0.4, -0.2) is 28.6 Å². The molecular formula is C15H26N4O2. The summed E-state index contributed by atoms with van der Waals surface area (Å²) in [4.78, 5) is 23.4. The van der Waals surface area contributed by atoms with E-state index in [-0.39, 0.29) is 18.4 Å². The van der Waals surface area contributed by atoms with E-state index < -0.39 is 5.41 Å². The number of hydrogen-bond donors (Lipinski definition) is 3. The lowest BCUT2D eigenvalue weighted by Gasteiger charge is -2.17. The van der Waals surface area contributed by atoms with Crippen LogP contribution in [0.2, 0.25) is 0 Å². The number of nitrogens with one attached hydrogen (secondary N) is 3. The second-order valence-corrected chi connectivity index (χ2v) is 6.38. The SMILES string of the molecule is CCC[C@H](C)c1cc(NC(=O)CNC(=O)C(C)(C)C)n[nH]1. The van der Waals surface area contributed by atoms with Gasteiger partial charge in [-0.05, 0) is 12.3 Å². The van der Waals surface area contributed by atoms with Crippen molar-refractivity contribution in [3.8, 4) is 0 Å². The van der Waals surface area contributed by atoms with E-state index in [0.29, 0.717) is 11.7 Å². The largest absolute Gasteiger partial charge is 0.347 e. The van der Waals surface area contributed by atoms with E-state index in [1.807, 2.05) is 6.07 Å². The van der Waals surface area contributed by atoms with Gasteiger partial charge in [-0.25, -0.2) is 0 Å². The van der Waals surface area contributed by atoms with Gasteiger partial charge in [0.05, 0.1) is 6.54 Å². The molecule has 0 saturated heterocycles. The van der Waals surface area contributed by atoms with Crippen LogP contribution in [0.25, 0.3) is 0 Å². The number of rotatable bonds is 6. The highest BCUT2D eigenvalue weighted by Crippen LogP contribution is 2.20. The predicted octanol–water partition coefficient (Wildman–Crippen LogP) is 2.41.